The summed E-state index contributed by atoms with van der Waals surface area (Å²) in [4.78, 5) is 14.7. The Morgan fingerprint density at radius 2 is 2.00 bits per heavy atom. The fourth-order valence-electron chi connectivity index (χ4n) is 3.02. The molecule has 5 nitrogen and oxygen atoms in total. The first-order valence-corrected chi connectivity index (χ1v) is 8.11. The van der Waals surface area contributed by atoms with Crippen molar-refractivity contribution < 1.29 is 18.4 Å². The van der Waals surface area contributed by atoms with Crippen LogP contribution in [0.1, 0.15) is 30.0 Å². The van der Waals surface area contributed by atoms with Crippen LogP contribution in [0.4, 0.5) is 4.39 Å². The van der Waals surface area contributed by atoms with Crippen LogP contribution in [0.5, 0.6) is 0 Å². The van der Waals surface area contributed by atoms with E-state index >= 15 is 0 Å². The lowest BCUT2D eigenvalue weighted by molar-refractivity contribution is -0.0586. The minimum Gasteiger partial charge on any atom is -0.372 e. The van der Waals surface area contributed by atoms with E-state index in [9.17, 15) is 9.18 Å². The van der Waals surface area contributed by atoms with E-state index in [0.717, 1.165) is 0 Å². The molecule has 1 aromatic heterocycles. The van der Waals surface area contributed by atoms with Crippen molar-refractivity contribution in [1.82, 2.24) is 10.1 Å². The zero-order valence-corrected chi connectivity index (χ0v) is 14.4. The molecular weight excluding hydrogens is 335 g/mol. The highest BCUT2D eigenvalue weighted by Gasteiger charge is 2.32. The van der Waals surface area contributed by atoms with Crippen LogP contribution in [0.25, 0.3) is 11.3 Å². The SMILES string of the molecule is Cc1onc(-c2c(F)cccc2Cl)c1C(=O)N1CC(C)OC(C)C1. The molecule has 7 heteroatoms. The number of ether oxygens (including phenoxy) is 1. The third-order valence-corrected chi connectivity index (χ3v) is 4.30. The van der Waals surface area contributed by atoms with Crippen molar-refractivity contribution in [2.45, 2.75) is 33.0 Å². The quantitative estimate of drug-likeness (QED) is 0.827. The van der Waals surface area contributed by atoms with Gasteiger partial charge in [0.15, 0.2) is 0 Å². The lowest BCUT2D eigenvalue weighted by Crippen LogP contribution is -2.48. The maximum atomic E-state index is 14.2. The molecule has 3 rings (SSSR count). The van der Waals surface area contributed by atoms with Crippen molar-refractivity contribution in [2.24, 2.45) is 0 Å². The van der Waals surface area contributed by atoms with E-state index in [1.807, 2.05) is 13.8 Å². The lowest BCUT2D eigenvalue weighted by Gasteiger charge is -2.35. The number of halogens is 2. The Hall–Kier alpha value is -1.92. The highest BCUT2D eigenvalue weighted by atomic mass is 35.5. The fraction of sp³-hybridized carbons (Fsp3) is 0.412. The van der Waals surface area contributed by atoms with Crippen LogP contribution < -0.4 is 0 Å². The first-order chi connectivity index (χ1) is 11.4. The van der Waals surface area contributed by atoms with Crippen molar-refractivity contribution in [1.29, 1.82) is 0 Å². The Bertz CT molecular complexity index is 747. The maximum Gasteiger partial charge on any atom is 0.259 e. The summed E-state index contributed by atoms with van der Waals surface area (Å²) in [6.07, 6.45) is -0.142. The van der Waals surface area contributed by atoms with Gasteiger partial charge < -0.3 is 14.2 Å². The van der Waals surface area contributed by atoms with Gasteiger partial charge in [-0.1, -0.05) is 22.8 Å². The number of morpholine rings is 1. The second kappa shape index (κ2) is 6.53. The molecule has 0 N–H and O–H groups in total. The second-order valence-electron chi connectivity index (χ2n) is 6.03. The fourth-order valence-corrected chi connectivity index (χ4v) is 3.27. The Labute approximate surface area is 144 Å². The average Bonchev–Trinajstić information content (AvgIpc) is 2.87. The molecule has 2 atom stereocenters. The van der Waals surface area contributed by atoms with Gasteiger partial charge in [0.05, 0.1) is 22.8 Å². The van der Waals surface area contributed by atoms with E-state index in [4.69, 9.17) is 20.9 Å². The number of hydrogen-bond donors (Lipinski definition) is 0. The Morgan fingerprint density at radius 3 is 2.62 bits per heavy atom. The molecule has 1 aliphatic heterocycles. The number of nitrogens with zero attached hydrogens (tertiary/aromatic N) is 2. The number of hydrogen-bond acceptors (Lipinski definition) is 4. The van der Waals surface area contributed by atoms with Gasteiger partial charge in [0.25, 0.3) is 5.91 Å². The molecule has 1 amide bonds. The molecule has 0 saturated carbocycles. The van der Waals surface area contributed by atoms with E-state index in [1.54, 1.807) is 17.9 Å². The largest absolute Gasteiger partial charge is 0.372 e. The molecule has 0 bridgehead atoms. The van der Waals surface area contributed by atoms with Crippen LogP contribution in [0.3, 0.4) is 0 Å². The normalized spacial score (nSPS) is 21.1. The number of carbonyl (C=O) groups is 1. The molecule has 2 heterocycles. The predicted molar refractivity (Wildman–Crippen MR) is 87.6 cm³/mol. The topological polar surface area (TPSA) is 55.6 Å². The van der Waals surface area contributed by atoms with E-state index in [-0.39, 0.29) is 40.0 Å². The maximum absolute atomic E-state index is 14.2. The number of aryl methyl sites for hydroxylation is 1. The predicted octanol–water partition coefficient (Wildman–Crippen LogP) is 3.69. The van der Waals surface area contributed by atoms with Crippen molar-refractivity contribution in [3.63, 3.8) is 0 Å². The number of carbonyl (C=O) groups excluding carboxylic acids is 1. The van der Waals surface area contributed by atoms with Gasteiger partial charge in [-0.05, 0) is 32.9 Å². The molecule has 128 valence electrons. The van der Waals surface area contributed by atoms with Crippen LogP contribution in [0.15, 0.2) is 22.7 Å². The molecule has 0 spiro atoms. The van der Waals surface area contributed by atoms with Crippen LogP contribution >= 0.6 is 11.6 Å². The number of aromatic nitrogens is 1. The van der Waals surface area contributed by atoms with Gasteiger partial charge in [-0.25, -0.2) is 4.39 Å². The Balaban J connectivity index is 2.03. The summed E-state index contributed by atoms with van der Waals surface area (Å²) in [5.41, 5.74) is 0.449. The van der Waals surface area contributed by atoms with Crippen molar-refractivity contribution in [3.05, 3.63) is 40.4 Å². The monoisotopic (exact) mass is 352 g/mol. The molecule has 2 aromatic rings. The summed E-state index contributed by atoms with van der Waals surface area (Å²) in [6, 6.07) is 4.33. The molecular formula is C17H18ClFN2O3. The molecule has 1 aliphatic rings. The third-order valence-electron chi connectivity index (χ3n) is 3.98. The first-order valence-electron chi connectivity index (χ1n) is 7.74. The molecule has 0 radical (unpaired) electrons. The average molecular weight is 353 g/mol. The smallest absolute Gasteiger partial charge is 0.259 e. The number of amides is 1. The third kappa shape index (κ3) is 3.03. The first kappa shape index (κ1) is 16.9. The van der Waals surface area contributed by atoms with Crippen LogP contribution in [-0.2, 0) is 4.74 Å². The molecule has 0 aliphatic carbocycles. The zero-order chi connectivity index (χ0) is 17.4. The number of rotatable bonds is 2. The minimum absolute atomic E-state index is 0.0710. The van der Waals surface area contributed by atoms with E-state index in [2.05, 4.69) is 5.16 Å². The Morgan fingerprint density at radius 1 is 1.33 bits per heavy atom. The minimum atomic E-state index is -0.548. The van der Waals surface area contributed by atoms with Gasteiger partial charge in [-0.3, -0.25) is 4.79 Å². The van der Waals surface area contributed by atoms with Crippen LogP contribution in [0.2, 0.25) is 5.02 Å². The van der Waals surface area contributed by atoms with Crippen molar-refractivity contribution in [2.75, 3.05) is 13.1 Å². The van der Waals surface area contributed by atoms with Crippen molar-refractivity contribution in [3.8, 4) is 11.3 Å². The highest BCUT2D eigenvalue weighted by Crippen LogP contribution is 2.34. The molecule has 1 saturated heterocycles. The van der Waals surface area contributed by atoms with Gasteiger partial charge in [0.1, 0.15) is 22.8 Å². The molecule has 1 fully saturated rings. The Kier molecular flexibility index (Phi) is 4.60. The van der Waals surface area contributed by atoms with Crippen LogP contribution in [-0.4, -0.2) is 41.3 Å². The van der Waals surface area contributed by atoms with E-state index < -0.39 is 5.82 Å². The summed E-state index contributed by atoms with van der Waals surface area (Å²) >= 11 is 6.12. The summed E-state index contributed by atoms with van der Waals surface area (Å²) in [6.45, 7) is 6.36. The second-order valence-corrected chi connectivity index (χ2v) is 6.43. The van der Waals surface area contributed by atoms with E-state index in [0.29, 0.717) is 18.8 Å². The number of benzene rings is 1. The van der Waals surface area contributed by atoms with Gasteiger partial charge in [-0.2, -0.15) is 0 Å². The standard InChI is InChI=1S/C17H18ClFN2O3/c1-9-7-21(8-10(2)23-9)17(22)14-11(3)24-20-16(14)15-12(18)5-4-6-13(15)19/h4-6,9-10H,7-8H2,1-3H3. The highest BCUT2D eigenvalue weighted by molar-refractivity contribution is 6.33. The molecule has 2 unspecified atom stereocenters. The zero-order valence-electron chi connectivity index (χ0n) is 13.7. The van der Waals surface area contributed by atoms with Gasteiger partial charge in [0, 0.05) is 13.1 Å². The lowest BCUT2D eigenvalue weighted by atomic mass is 10.0. The molecule has 1 aromatic carbocycles. The van der Waals surface area contributed by atoms with E-state index in [1.165, 1.54) is 12.1 Å². The summed E-state index contributed by atoms with van der Waals surface area (Å²) in [7, 11) is 0. The van der Waals surface area contributed by atoms with Gasteiger partial charge in [0.2, 0.25) is 0 Å². The summed E-state index contributed by atoms with van der Waals surface area (Å²) in [5, 5.41) is 4.06. The summed E-state index contributed by atoms with van der Waals surface area (Å²) < 4.78 is 25.1. The summed E-state index contributed by atoms with van der Waals surface area (Å²) in [5.74, 6) is -0.472. The molecule has 24 heavy (non-hydrogen) atoms. The van der Waals surface area contributed by atoms with Gasteiger partial charge >= 0.3 is 0 Å². The van der Waals surface area contributed by atoms with Crippen molar-refractivity contribution >= 4 is 17.5 Å². The van der Waals surface area contributed by atoms with Gasteiger partial charge in [-0.15, -0.1) is 0 Å². The van der Waals surface area contributed by atoms with Crippen LogP contribution in [0, 0.1) is 12.7 Å².